The Morgan fingerprint density at radius 1 is 1.12 bits per heavy atom. The fourth-order valence-electron chi connectivity index (χ4n) is 3.32. The standard InChI is InChI=1S/C26H30ClNO4S2/c1-5-17(3)19-8-10-20(11-9-19)31-12-7-13-32-24-21(27)14-18(15-22(24)30-6-2)16-23-25(29)28(4)26(33)34-23/h8-11,14-17H,5-7,12-13H2,1-4H3. The summed E-state index contributed by atoms with van der Waals surface area (Å²) < 4.78 is 18.1. The minimum absolute atomic E-state index is 0.126. The lowest BCUT2D eigenvalue weighted by Crippen LogP contribution is -2.22. The molecule has 1 atom stereocenters. The molecule has 0 aromatic heterocycles. The summed E-state index contributed by atoms with van der Waals surface area (Å²) in [5, 5.41) is 0.422. The molecule has 0 bridgehead atoms. The van der Waals surface area contributed by atoms with Crippen LogP contribution in [0.15, 0.2) is 41.3 Å². The van der Waals surface area contributed by atoms with Crippen LogP contribution in [0.25, 0.3) is 6.08 Å². The zero-order chi connectivity index (χ0) is 24.7. The molecule has 0 N–H and O–H groups in total. The van der Waals surface area contributed by atoms with E-state index < -0.39 is 0 Å². The first-order valence-corrected chi connectivity index (χ1v) is 13.0. The molecule has 0 spiro atoms. The number of halogens is 1. The zero-order valence-electron chi connectivity index (χ0n) is 19.9. The van der Waals surface area contributed by atoms with Gasteiger partial charge in [-0.1, -0.05) is 61.6 Å². The van der Waals surface area contributed by atoms with E-state index in [1.54, 1.807) is 19.2 Å². The molecule has 182 valence electrons. The molecule has 1 heterocycles. The van der Waals surface area contributed by atoms with E-state index in [2.05, 4.69) is 26.0 Å². The van der Waals surface area contributed by atoms with E-state index in [1.165, 1.54) is 22.2 Å². The summed E-state index contributed by atoms with van der Waals surface area (Å²) in [6.45, 7) is 7.72. The summed E-state index contributed by atoms with van der Waals surface area (Å²) in [6.07, 6.45) is 3.57. The molecule has 0 aliphatic carbocycles. The molecule has 2 aromatic carbocycles. The average molecular weight is 520 g/mol. The Kier molecular flexibility index (Phi) is 9.68. The van der Waals surface area contributed by atoms with Crippen LogP contribution in [0, 0.1) is 0 Å². The van der Waals surface area contributed by atoms with Crippen LogP contribution in [0.2, 0.25) is 5.02 Å². The van der Waals surface area contributed by atoms with Gasteiger partial charge in [-0.3, -0.25) is 9.69 Å². The number of hydrogen-bond donors (Lipinski definition) is 0. The number of rotatable bonds is 11. The first-order valence-electron chi connectivity index (χ1n) is 11.4. The van der Waals surface area contributed by atoms with E-state index in [9.17, 15) is 4.79 Å². The van der Waals surface area contributed by atoms with Gasteiger partial charge < -0.3 is 14.2 Å². The van der Waals surface area contributed by atoms with Gasteiger partial charge in [-0.25, -0.2) is 0 Å². The number of thioether (sulfide) groups is 1. The van der Waals surface area contributed by atoms with Gasteiger partial charge in [0, 0.05) is 13.5 Å². The number of carbonyl (C=O) groups is 1. The Morgan fingerprint density at radius 2 is 1.82 bits per heavy atom. The monoisotopic (exact) mass is 519 g/mol. The van der Waals surface area contributed by atoms with Crippen LogP contribution in [0.4, 0.5) is 0 Å². The fourth-order valence-corrected chi connectivity index (χ4v) is 4.78. The molecule has 5 nitrogen and oxygen atoms in total. The second-order valence-corrected chi connectivity index (χ2v) is 10.0. The van der Waals surface area contributed by atoms with Crippen molar-refractivity contribution >= 4 is 51.9 Å². The molecule has 3 rings (SSSR count). The van der Waals surface area contributed by atoms with Gasteiger partial charge in [-0.15, -0.1) is 0 Å². The highest BCUT2D eigenvalue weighted by Gasteiger charge is 2.28. The molecule has 0 saturated carbocycles. The maximum Gasteiger partial charge on any atom is 0.265 e. The summed E-state index contributed by atoms with van der Waals surface area (Å²) in [7, 11) is 1.67. The van der Waals surface area contributed by atoms with Crippen molar-refractivity contribution in [3.8, 4) is 17.2 Å². The Morgan fingerprint density at radius 3 is 2.44 bits per heavy atom. The van der Waals surface area contributed by atoms with E-state index in [-0.39, 0.29) is 5.91 Å². The molecule has 34 heavy (non-hydrogen) atoms. The maximum atomic E-state index is 12.3. The summed E-state index contributed by atoms with van der Waals surface area (Å²) in [5.74, 6) is 2.29. The molecule has 2 aromatic rings. The van der Waals surface area contributed by atoms with Crippen LogP contribution < -0.4 is 14.2 Å². The lowest BCUT2D eigenvalue weighted by molar-refractivity contribution is -0.121. The van der Waals surface area contributed by atoms with Crippen molar-refractivity contribution in [2.75, 3.05) is 26.9 Å². The van der Waals surface area contributed by atoms with Crippen molar-refractivity contribution in [1.82, 2.24) is 4.90 Å². The number of likely N-dealkylation sites (N-methyl/N-ethyl adjacent to an activating group) is 1. The molecular weight excluding hydrogens is 490 g/mol. The minimum atomic E-state index is -0.126. The topological polar surface area (TPSA) is 48.0 Å². The second kappa shape index (κ2) is 12.5. The fraction of sp³-hybridized carbons (Fsp3) is 0.385. The summed E-state index contributed by atoms with van der Waals surface area (Å²) in [4.78, 5) is 14.3. The lowest BCUT2D eigenvalue weighted by Gasteiger charge is -2.15. The molecule has 1 saturated heterocycles. The third-order valence-electron chi connectivity index (χ3n) is 5.48. The number of benzene rings is 2. The number of amides is 1. The smallest absolute Gasteiger partial charge is 0.265 e. The SMILES string of the molecule is CCOc1cc(C=C2SC(=S)N(C)C2=O)cc(Cl)c1OCCCOc1ccc(C(C)CC)cc1. The third kappa shape index (κ3) is 6.68. The summed E-state index contributed by atoms with van der Waals surface area (Å²) >= 11 is 13.0. The van der Waals surface area contributed by atoms with Crippen molar-refractivity contribution in [2.45, 2.75) is 39.5 Å². The third-order valence-corrected chi connectivity index (χ3v) is 7.25. The largest absolute Gasteiger partial charge is 0.493 e. The Labute approximate surface area is 216 Å². The predicted octanol–water partition coefficient (Wildman–Crippen LogP) is 6.93. The molecule has 1 fully saturated rings. The molecule has 1 amide bonds. The van der Waals surface area contributed by atoms with Crippen molar-refractivity contribution in [1.29, 1.82) is 0 Å². The number of carbonyl (C=O) groups excluding carboxylic acids is 1. The van der Waals surface area contributed by atoms with Crippen LogP contribution in [-0.4, -0.2) is 42.0 Å². The number of nitrogens with zero attached hydrogens (tertiary/aromatic N) is 1. The molecule has 1 aliphatic rings. The molecular formula is C26H30ClNO4S2. The molecule has 1 aliphatic heterocycles. The Bertz CT molecular complexity index is 1060. The van der Waals surface area contributed by atoms with Crippen LogP contribution in [0.5, 0.6) is 17.2 Å². The van der Waals surface area contributed by atoms with Crippen LogP contribution in [0.1, 0.15) is 50.7 Å². The van der Waals surface area contributed by atoms with E-state index in [0.717, 1.165) is 17.7 Å². The Balaban J connectivity index is 1.59. The predicted molar refractivity (Wildman–Crippen MR) is 144 cm³/mol. The maximum absolute atomic E-state index is 12.3. The quantitative estimate of drug-likeness (QED) is 0.182. The first-order chi connectivity index (χ1) is 16.3. The summed E-state index contributed by atoms with van der Waals surface area (Å²) in [5.41, 5.74) is 2.07. The highest BCUT2D eigenvalue weighted by Crippen LogP contribution is 2.39. The average Bonchev–Trinajstić information content (AvgIpc) is 3.06. The van der Waals surface area contributed by atoms with Crippen LogP contribution in [-0.2, 0) is 4.79 Å². The number of hydrogen-bond acceptors (Lipinski definition) is 6. The van der Waals surface area contributed by atoms with Crippen molar-refractivity contribution in [2.24, 2.45) is 0 Å². The van der Waals surface area contributed by atoms with Gasteiger partial charge in [0.15, 0.2) is 11.5 Å². The Hall–Kier alpha value is -2.22. The van der Waals surface area contributed by atoms with Crippen LogP contribution in [0.3, 0.4) is 0 Å². The lowest BCUT2D eigenvalue weighted by atomic mass is 9.99. The second-order valence-electron chi connectivity index (χ2n) is 7.93. The van der Waals surface area contributed by atoms with Gasteiger partial charge in [-0.05, 0) is 60.7 Å². The number of ether oxygens (including phenoxy) is 3. The minimum Gasteiger partial charge on any atom is -0.493 e. The van der Waals surface area contributed by atoms with Gasteiger partial charge >= 0.3 is 0 Å². The van der Waals surface area contributed by atoms with E-state index in [1.807, 2.05) is 25.1 Å². The number of thiocarbonyl (C=S) groups is 1. The van der Waals surface area contributed by atoms with E-state index in [4.69, 9.17) is 38.0 Å². The van der Waals surface area contributed by atoms with E-state index in [0.29, 0.717) is 57.9 Å². The van der Waals surface area contributed by atoms with Gasteiger partial charge in [0.05, 0.1) is 29.7 Å². The zero-order valence-corrected chi connectivity index (χ0v) is 22.3. The van der Waals surface area contributed by atoms with Gasteiger partial charge in [0.1, 0.15) is 10.1 Å². The van der Waals surface area contributed by atoms with Gasteiger partial charge in [0.2, 0.25) is 0 Å². The molecule has 1 unspecified atom stereocenters. The summed E-state index contributed by atoms with van der Waals surface area (Å²) in [6, 6.07) is 11.8. The molecule has 0 radical (unpaired) electrons. The van der Waals surface area contributed by atoms with Crippen molar-refractivity contribution in [3.63, 3.8) is 0 Å². The van der Waals surface area contributed by atoms with Crippen molar-refractivity contribution < 1.29 is 19.0 Å². The normalized spacial score (nSPS) is 15.7. The van der Waals surface area contributed by atoms with Gasteiger partial charge in [-0.2, -0.15) is 0 Å². The van der Waals surface area contributed by atoms with Crippen molar-refractivity contribution in [3.05, 3.63) is 57.5 Å². The van der Waals surface area contributed by atoms with Crippen LogP contribution >= 0.6 is 35.6 Å². The molecule has 8 heteroatoms. The highest BCUT2D eigenvalue weighted by atomic mass is 35.5. The van der Waals surface area contributed by atoms with E-state index >= 15 is 0 Å². The van der Waals surface area contributed by atoms with Gasteiger partial charge in [0.25, 0.3) is 5.91 Å². The first kappa shape index (κ1) is 26.4. The highest BCUT2D eigenvalue weighted by molar-refractivity contribution is 8.26.